The number of carbonyl (C=O) groups excluding carboxylic acids is 1. The Bertz CT molecular complexity index is 1250. The first-order valence-corrected chi connectivity index (χ1v) is 9.18. The van der Waals surface area contributed by atoms with E-state index < -0.39 is 0 Å². The van der Waals surface area contributed by atoms with Crippen molar-refractivity contribution in [2.24, 2.45) is 0 Å². The minimum atomic E-state index is -0.0622. The lowest BCUT2D eigenvalue weighted by Crippen LogP contribution is -2.21. The number of rotatable bonds is 5. The summed E-state index contributed by atoms with van der Waals surface area (Å²) >= 11 is 0. The predicted octanol–water partition coefficient (Wildman–Crippen LogP) is 2.72. The molecule has 0 radical (unpaired) electrons. The topological polar surface area (TPSA) is 113 Å². The van der Waals surface area contributed by atoms with Gasteiger partial charge in [-0.15, -0.1) is 5.10 Å². The highest BCUT2D eigenvalue weighted by molar-refractivity contribution is 5.94. The summed E-state index contributed by atoms with van der Waals surface area (Å²) in [5.41, 5.74) is 4.10. The third-order valence-corrected chi connectivity index (χ3v) is 4.43. The van der Waals surface area contributed by atoms with Crippen molar-refractivity contribution in [2.75, 3.05) is 19.4 Å². The highest BCUT2D eigenvalue weighted by atomic mass is 16.2. The van der Waals surface area contributed by atoms with Crippen LogP contribution in [0.5, 0.6) is 0 Å². The largest absolute Gasteiger partial charge is 0.345 e. The van der Waals surface area contributed by atoms with Gasteiger partial charge < -0.3 is 10.2 Å². The molecule has 0 bridgehead atoms. The maximum atomic E-state index is 12.0. The summed E-state index contributed by atoms with van der Waals surface area (Å²) in [6.07, 6.45) is 1.91. The molecule has 0 aliphatic heterocycles. The molecule has 0 fully saturated rings. The molecule has 0 atom stereocenters. The van der Waals surface area contributed by atoms with Crippen molar-refractivity contribution in [1.29, 1.82) is 5.26 Å². The molecule has 1 amide bonds. The van der Waals surface area contributed by atoms with E-state index in [0.717, 1.165) is 16.9 Å². The van der Waals surface area contributed by atoms with Crippen LogP contribution in [0.3, 0.4) is 0 Å². The van der Waals surface area contributed by atoms with Crippen LogP contribution in [-0.2, 0) is 6.42 Å². The van der Waals surface area contributed by atoms with E-state index >= 15 is 0 Å². The first-order chi connectivity index (χ1) is 14.5. The van der Waals surface area contributed by atoms with Gasteiger partial charge in [-0.1, -0.05) is 17.3 Å². The number of benzene rings is 2. The Morgan fingerprint density at radius 1 is 1.20 bits per heavy atom. The Balaban J connectivity index is 1.62. The zero-order valence-corrected chi connectivity index (χ0v) is 16.4. The molecule has 9 heteroatoms. The van der Waals surface area contributed by atoms with Gasteiger partial charge in [0.2, 0.25) is 5.95 Å². The van der Waals surface area contributed by atoms with Gasteiger partial charge in [0, 0.05) is 25.3 Å². The summed E-state index contributed by atoms with van der Waals surface area (Å²) in [4.78, 5) is 22.4. The standard InChI is InChI=1S/C21H18N8O/c1-28(2)20(30)15-6-8-16(9-7-15)24-21-23-13-18-19(25-21)29(27-26-18)17-5-3-4-14(12-17)10-11-22/h3-9,12-13H,10H2,1-2H3,(H,23,24,25). The smallest absolute Gasteiger partial charge is 0.253 e. The summed E-state index contributed by atoms with van der Waals surface area (Å²) in [5.74, 6) is 0.318. The Hall–Kier alpha value is -4.32. The molecule has 0 aliphatic rings. The van der Waals surface area contributed by atoms with Crippen LogP contribution in [0, 0.1) is 11.3 Å². The summed E-state index contributed by atoms with van der Waals surface area (Å²) in [6.45, 7) is 0. The normalized spacial score (nSPS) is 10.6. The molecule has 148 valence electrons. The molecule has 2 aromatic carbocycles. The van der Waals surface area contributed by atoms with Gasteiger partial charge in [-0.2, -0.15) is 14.9 Å². The maximum absolute atomic E-state index is 12.0. The van der Waals surface area contributed by atoms with Crippen LogP contribution in [-0.4, -0.2) is 49.9 Å². The summed E-state index contributed by atoms with van der Waals surface area (Å²) in [7, 11) is 3.43. The molecule has 4 aromatic rings. The fourth-order valence-corrected chi connectivity index (χ4v) is 2.94. The van der Waals surface area contributed by atoms with Crippen LogP contribution in [0.25, 0.3) is 16.9 Å². The second-order valence-electron chi connectivity index (χ2n) is 6.81. The summed E-state index contributed by atoms with van der Waals surface area (Å²) in [5, 5.41) is 20.4. The second kappa shape index (κ2) is 7.97. The fourth-order valence-electron chi connectivity index (χ4n) is 2.94. The van der Waals surface area contributed by atoms with Gasteiger partial charge in [0.05, 0.1) is 24.4 Å². The van der Waals surface area contributed by atoms with E-state index in [1.807, 2.05) is 24.3 Å². The number of fused-ring (bicyclic) bond motifs is 1. The van der Waals surface area contributed by atoms with Crippen LogP contribution in [0.15, 0.2) is 54.7 Å². The van der Waals surface area contributed by atoms with E-state index in [4.69, 9.17) is 5.26 Å². The minimum Gasteiger partial charge on any atom is -0.345 e. The van der Waals surface area contributed by atoms with Gasteiger partial charge in [-0.25, -0.2) is 4.98 Å². The SMILES string of the molecule is CN(C)C(=O)c1ccc(Nc2ncc3nnn(-c4cccc(CC#N)c4)c3n2)cc1. The van der Waals surface area contributed by atoms with Gasteiger partial charge in [-0.05, 0) is 42.0 Å². The Labute approximate surface area is 172 Å². The second-order valence-corrected chi connectivity index (χ2v) is 6.81. The minimum absolute atomic E-state index is 0.0622. The zero-order valence-electron chi connectivity index (χ0n) is 16.4. The van der Waals surface area contributed by atoms with Gasteiger partial charge in [0.1, 0.15) is 0 Å². The van der Waals surface area contributed by atoms with Gasteiger partial charge in [-0.3, -0.25) is 4.79 Å². The van der Waals surface area contributed by atoms with Gasteiger partial charge >= 0.3 is 0 Å². The molecule has 2 heterocycles. The molecule has 0 spiro atoms. The van der Waals surface area contributed by atoms with E-state index in [9.17, 15) is 4.79 Å². The molecule has 30 heavy (non-hydrogen) atoms. The third-order valence-electron chi connectivity index (χ3n) is 4.43. The van der Waals surface area contributed by atoms with Gasteiger partial charge in [0.15, 0.2) is 11.2 Å². The van der Waals surface area contributed by atoms with Crippen molar-refractivity contribution >= 4 is 28.7 Å². The molecule has 9 nitrogen and oxygen atoms in total. The van der Waals surface area contributed by atoms with Crippen molar-refractivity contribution in [3.63, 3.8) is 0 Å². The number of aromatic nitrogens is 5. The van der Waals surface area contributed by atoms with Crippen molar-refractivity contribution in [3.05, 3.63) is 65.9 Å². The molecular formula is C21H18N8O. The summed E-state index contributed by atoms with van der Waals surface area (Å²) < 4.78 is 1.61. The van der Waals surface area contributed by atoms with Crippen LogP contribution in [0.1, 0.15) is 15.9 Å². The number of hydrogen-bond acceptors (Lipinski definition) is 7. The molecule has 0 saturated carbocycles. The number of hydrogen-bond donors (Lipinski definition) is 1. The van der Waals surface area contributed by atoms with E-state index in [1.165, 1.54) is 4.90 Å². The van der Waals surface area contributed by atoms with Crippen molar-refractivity contribution in [3.8, 4) is 11.8 Å². The molecule has 1 N–H and O–H groups in total. The lowest BCUT2D eigenvalue weighted by atomic mass is 10.1. The lowest BCUT2D eigenvalue weighted by Gasteiger charge is -2.11. The maximum Gasteiger partial charge on any atom is 0.253 e. The van der Waals surface area contributed by atoms with Crippen LogP contribution in [0.4, 0.5) is 11.6 Å². The van der Waals surface area contributed by atoms with Crippen LogP contribution < -0.4 is 5.32 Å². The highest BCUT2D eigenvalue weighted by Crippen LogP contribution is 2.19. The highest BCUT2D eigenvalue weighted by Gasteiger charge is 2.12. The Kier molecular flexibility index (Phi) is 5.05. The Morgan fingerprint density at radius 3 is 2.73 bits per heavy atom. The van der Waals surface area contributed by atoms with E-state index in [-0.39, 0.29) is 5.91 Å². The van der Waals surface area contributed by atoms with E-state index in [0.29, 0.717) is 29.1 Å². The molecule has 0 unspecified atom stereocenters. The van der Waals surface area contributed by atoms with E-state index in [2.05, 4.69) is 31.7 Å². The number of anilines is 2. The first-order valence-electron chi connectivity index (χ1n) is 9.18. The number of amides is 1. The number of nitrogens with zero attached hydrogens (tertiary/aromatic N) is 7. The average Bonchev–Trinajstić information content (AvgIpc) is 3.17. The average molecular weight is 398 g/mol. The molecular weight excluding hydrogens is 380 g/mol. The molecule has 0 aliphatic carbocycles. The summed E-state index contributed by atoms with van der Waals surface area (Å²) in [6, 6.07) is 16.7. The molecule has 2 aromatic heterocycles. The van der Waals surface area contributed by atoms with Crippen molar-refractivity contribution < 1.29 is 4.79 Å². The first kappa shape index (κ1) is 19.0. The van der Waals surface area contributed by atoms with Crippen molar-refractivity contribution in [2.45, 2.75) is 6.42 Å². The fraction of sp³-hybridized carbons (Fsp3) is 0.143. The third kappa shape index (κ3) is 3.79. The van der Waals surface area contributed by atoms with E-state index in [1.54, 1.807) is 49.2 Å². The van der Waals surface area contributed by atoms with Gasteiger partial charge in [0.25, 0.3) is 5.91 Å². The molecule has 4 rings (SSSR count). The van der Waals surface area contributed by atoms with Crippen molar-refractivity contribution in [1.82, 2.24) is 29.9 Å². The van der Waals surface area contributed by atoms with Crippen LogP contribution in [0.2, 0.25) is 0 Å². The lowest BCUT2D eigenvalue weighted by molar-refractivity contribution is 0.0827. The van der Waals surface area contributed by atoms with Crippen LogP contribution >= 0.6 is 0 Å². The number of nitriles is 1. The zero-order chi connectivity index (χ0) is 21.1. The number of carbonyl (C=O) groups is 1. The molecule has 0 saturated heterocycles. The monoisotopic (exact) mass is 398 g/mol. The quantitative estimate of drug-likeness (QED) is 0.550. The predicted molar refractivity (Wildman–Crippen MR) is 112 cm³/mol. The Morgan fingerprint density at radius 2 is 2.00 bits per heavy atom. The number of nitrogens with one attached hydrogen (secondary N) is 1.